The average molecular weight is 356 g/mol. The number of nitrogens with one attached hydrogen (secondary N) is 2. The quantitative estimate of drug-likeness (QED) is 0.541. The van der Waals surface area contributed by atoms with Gasteiger partial charge in [0.25, 0.3) is 5.91 Å². The maximum atomic E-state index is 13.1. The van der Waals surface area contributed by atoms with Gasteiger partial charge in [-0.15, -0.1) is 0 Å². The van der Waals surface area contributed by atoms with Crippen LogP contribution in [0.15, 0.2) is 47.4 Å². The smallest absolute Gasteiger partial charge is 0.274 e. The first-order chi connectivity index (χ1) is 11.3. The third kappa shape index (κ3) is 4.34. The standard InChI is InChI=1S/C15H14F2N2O4S/c16-13-6-5-12(9-14(13)17)24(22,23)18-8-7-10-1-3-11(4-2-10)15(20)19-21/h1-6,9,18,21H,7-8H2,(H,19,20). The summed E-state index contributed by atoms with van der Waals surface area (Å²) in [6.07, 6.45) is 0.323. The summed E-state index contributed by atoms with van der Waals surface area (Å²) in [5.74, 6) is -3.02. The van der Waals surface area contributed by atoms with Crippen molar-refractivity contribution >= 4 is 15.9 Å². The lowest BCUT2D eigenvalue weighted by atomic mass is 10.1. The number of halogens is 2. The highest BCUT2D eigenvalue weighted by atomic mass is 32.2. The summed E-state index contributed by atoms with van der Waals surface area (Å²) in [4.78, 5) is 10.8. The lowest BCUT2D eigenvalue weighted by Crippen LogP contribution is -2.26. The Kier molecular flexibility index (Phi) is 5.60. The van der Waals surface area contributed by atoms with E-state index in [-0.39, 0.29) is 17.0 Å². The third-order valence-corrected chi connectivity index (χ3v) is 4.68. The summed E-state index contributed by atoms with van der Waals surface area (Å²) in [6.45, 7) is 0.0346. The van der Waals surface area contributed by atoms with Gasteiger partial charge in [-0.3, -0.25) is 10.0 Å². The van der Waals surface area contributed by atoms with Gasteiger partial charge in [-0.25, -0.2) is 27.4 Å². The SMILES string of the molecule is O=C(NO)c1ccc(CCNS(=O)(=O)c2ccc(F)c(F)c2)cc1. The number of benzene rings is 2. The molecular formula is C15H14F2N2O4S. The molecule has 2 aromatic rings. The van der Waals surface area contributed by atoms with E-state index in [0.29, 0.717) is 12.5 Å². The molecule has 128 valence electrons. The molecule has 2 rings (SSSR count). The van der Waals surface area contributed by atoms with E-state index in [9.17, 15) is 22.0 Å². The van der Waals surface area contributed by atoms with E-state index >= 15 is 0 Å². The topological polar surface area (TPSA) is 95.5 Å². The molecule has 0 aliphatic rings. The lowest BCUT2D eigenvalue weighted by Gasteiger charge is -2.08. The van der Waals surface area contributed by atoms with Crippen molar-refractivity contribution in [3.8, 4) is 0 Å². The van der Waals surface area contributed by atoms with Gasteiger partial charge in [0, 0.05) is 12.1 Å². The van der Waals surface area contributed by atoms with Gasteiger partial charge in [0.2, 0.25) is 10.0 Å². The molecule has 2 aromatic carbocycles. The summed E-state index contributed by atoms with van der Waals surface area (Å²) in [6, 6.07) is 8.50. The number of hydroxylamine groups is 1. The molecule has 24 heavy (non-hydrogen) atoms. The molecule has 0 aliphatic heterocycles. The minimum Gasteiger partial charge on any atom is -0.288 e. The van der Waals surface area contributed by atoms with Crippen molar-refractivity contribution in [2.24, 2.45) is 0 Å². The number of sulfonamides is 1. The van der Waals surface area contributed by atoms with E-state index < -0.39 is 27.6 Å². The van der Waals surface area contributed by atoms with Crippen LogP contribution in [0.1, 0.15) is 15.9 Å². The van der Waals surface area contributed by atoms with Crippen molar-refractivity contribution in [3.63, 3.8) is 0 Å². The normalized spacial score (nSPS) is 11.3. The Bertz CT molecular complexity index is 839. The number of carbonyl (C=O) groups is 1. The lowest BCUT2D eigenvalue weighted by molar-refractivity contribution is 0.0706. The summed E-state index contributed by atoms with van der Waals surface area (Å²) >= 11 is 0. The molecular weight excluding hydrogens is 342 g/mol. The monoisotopic (exact) mass is 356 g/mol. The van der Waals surface area contributed by atoms with Crippen molar-refractivity contribution in [2.45, 2.75) is 11.3 Å². The van der Waals surface area contributed by atoms with Gasteiger partial charge >= 0.3 is 0 Å². The van der Waals surface area contributed by atoms with Crippen molar-refractivity contribution in [1.29, 1.82) is 0 Å². The molecule has 0 heterocycles. The number of hydrogen-bond donors (Lipinski definition) is 3. The van der Waals surface area contributed by atoms with Crippen molar-refractivity contribution < 1.29 is 27.2 Å². The molecule has 0 aromatic heterocycles. The minimum absolute atomic E-state index is 0.0346. The molecule has 0 aliphatic carbocycles. The average Bonchev–Trinajstić information content (AvgIpc) is 2.57. The molecule has 3 N–H and O–H groups in total. The number of carbonyl (C=O) groups excluding carboxylic acids is 1. The fourth-order valence-electron chi connectivity index (χ4n) is 1.94. The van der Waals surface area contributed by atoms with Crippen LogP contribution in [0, 0.1) is 11.6 Å². The van der Waals surface area contributed by atoms with Gasteiger partial charge in [-0.1, -0.05) is 12.1 Å². The van der Waals surface area contributed by atoms with E-state index in [1.54, 1.807) is 12.1 Å². The highest BCUT2D eigenvalue weighted by molar-refractivity contribution is 7.89. The Morgan fingerprint density at radius 2 is 1.71 bits per heavy atom. The summed E-state index contributed by atoms with van der Waals surface area (Å²) in [5, 5.41) is 8.51. The first kappa shape index (κ1) is 18.0. The largest absolute Gasteiger partial charge is 0.288 e. The van der Waals surface area contributed by atoms with E-state index in [1.807, 2.05) is 0 Å². The van der Waals surface area contributed by atoms with Crippen LogP contribution in [0.5, 0.6) is 0 Å². The van der Waals surface area contributed by atoms with Crippen LogP contribution < -0.4 is 10.2 Å². The second-order valence-corrected chi connectivity index (χ2v) is 6.63. The van der Waals surface area contributed by atoms with E-state index in [4.69, 9.17) is 5.21 Å². The van der Waals surface area contributed by atoms with Crippen molar-refractivity contribution in [2.75, 3.05) is 6.54 Å². The van der Waals surface area contributed by atoms with Gasteiger partial charge in [-0.05, 0) is 42.3 Å². The van der Waals surface area contributed by atoms with E-state index in [2.05, 4.69) is 4.72 Å². The zero-order chi connectivity index (χ0) is 17.7. The molecule has 1 amide bonds. The van der Waals surface area contributed by atoms with Crippen molar-refractivity contribution in [3.05, 3.63) is 65.2 Å². The van der Waals surface area contributed by atoms with Crippen LogP contribution in [0.3, 0.4) is 0 Å². The molecule has 0 fully saturated rings. The van der Waals surface area contributed by atoms with Gasteiger partial charge in [0.15, 0.2) is 11.6 Å². The maximum Gasteiger partial charge on any atom is 0.274 e. The third-order valence-electron chi connectivity index (χ3n) is 3.22. The second-order valence-electron chi connectivity index (χ2n) is 4.86. The van der Waals surface area contributed by atoms with Gasteiger partial charge in [-0.2, -0.15) is 0 Å². The Morgan fingerprint density at radius 3 is 2.29 bits per heavy atom. The molecule has 0 unspecified atom stereocenters. The Labute approximate surface area is 137 Å². The molecule has 9 heteroatoms. The summed E-state index contributed by atoms with van der Waals surface area (Å²) in [5.41, 5.74) is 2.50. The van der Waals surface area contributed by atoms with Crippen LogP contribution in [0.4, 0.5) is 8.78 Å². The van der Waals surface area contributed by atoms with Crippen LogP contribution in [-0.4, -0.2) is 26.1 Å². The molecule has 0 spiro atoms. The molecule has 6 nitrogen and oxygen atoms in total. The fourth-order valence-corrected chi connectivity index (χ4v) is 2.99. The van der Waals surface area contributed by atoms with Gasteiger partial charge in [0.05, 0.1) is 4.90 Å². The minimum atomic E-state index is -3.95. The Hall–Kier alpha value is -2.36. The number of amides is 1. The second kappa shape index (κ2) is 7.47. The highest BCUT2D eigenvalue weighted by Gasteiger charge is 2.16. The summed E-state index contributed by atoms with van der Waals surface area (Å²) < 4.78 is 52.2. The molecule has 0 saturated heterocycles. The molecule has 0 atom stereocenters. The van der Waals surface area contributed by atoms with Gasteiger partial charge < -0.3 is 0 Å². The van der Waals surface area contributed by atoms with E-state index in [1.165, 1.54) is 17.6 Å². The Balaban J connectivity index is 1.97. The Morgan fingerprint density at radius 1 is 1.04 bits per heavy atom. The zero-order valence-corrected chi connectivity index (χ0v) is 13.1. The molecule has 0 bridgehead atoms. The van der Waals surface area contributed by atoms with Gasteiger partial charge in [0.1, 0.15) is 0 Å². The number of rotatable bonds is 6. The van der Waals surface area contributed by atoms with Crippen LogP contribution in [-0.2, 0) is 16.4 Å². The predicted molar refractivity (Wildman–Crippen MR) is 80.9 cm³/mol. The van der Waals surface area contributed by atoms with Crippen LogP contribution >= 0.6 is 0 Å². The zero-order valence-electron chi connectivity index (χ0n) is 12.3. The maximum absolute atomic E-state index is 13.1. The predicted octanol–water partition coefficient (Wildman–Crippen LogP) is 1.60. The molecule has 0 radical (unpaired) electrons. The summed E-state index contributed by atoms with van der Waals surface area (Å²) in [7, 11) is -3.95. The fraction of sp³-hybridized carbons (Fsp3) is 0.133. The first-order valence-corrected chi connectivity index (χ1v) is 8.30. The highest BCUT2D eigenvalue weighted by Crippen LogP contribution is 2.13. The number of hydrogen-bond acceptors (Lipinski definition) is 4. The van der Waals surface area contributed by atoms with E-state index in [0.717, 1.165) is 17.7 Å². The first-order valence-electron chi connectivity index (χ1n) is 6.81. The van der Waals surface area contributed by atoms with Crippen LogP contribution in [0.2, 0.25) is 0 Å². The van der Waals surface area contributed by atoms with Crippen molar-refractivity contribution in [1.82, 2.24) is 10.2 Å². The molecule has 0 saturated carbocycles. The van der Waals surface area contributed by atoms with Crippen LogP contribution in [0.25, 0.3) is 0 Å².